The van der Waals surface area contributed by atoms with Gasteiger partial charge in [0.05, 0.1) is 16.8 Å². The Bertz CT molecular complexity index is 1080. The number of amides is 1. The van der Waals surface area contributed by atoms with Crippen molar-refractivity contribution in [3.8, 4) is 11.3 Å². The van der Waals surface area contributed by atoms with Gasteiger partial charge in [-0.1, -0.05) is 18.2 Å². The standard InChI is InChI=1S/C21H16N4O/c1-14-4-2-6-17-18(21(26)24-16-7-10-22-11-8-16)12-19(25-20(14)17)15-5-3-9-23-13-15/h2-13H,1H3,(H,22,24,26). The van der Waals surface area contributed by atoms with Gasteiger partial charge in [-0.3, -0.25) is 14.8 Å². The first-order valence-electron chi connectivity index (χ1n) is 8.24. The lowest BCUT2D eigenvalue weighted by atomic mass is 10.0. The topological polar surface area (TPSA) is 67.8 Å². The van der Waals surface area contributed by atoms with Gasteiger partial charge in [-0.05, 0) is 42.8 Å². The van der Waals surface area contributed by atoms with Crippen LogP contribution < -0.4 is 5.32 Å². The fourth-order valence-electron chi connectivity index (χ4n) is 2.88. The van der Waals surface area contributed by atoms with Crippen LogP contribution in [-0.2, 0) is 0 Å². The molecule has 0 aliphatic rings. The highest BCUT2D eigenvalue weighted by Crippen LogP contribution is 2.27. The van der Waals surface area contributed by atoms with E-state index in [1.54, 1.807) is 36.9 Å². The maximum atomic E-state index is 12.9. The minimum atomic E-state index is -0.181. The summed E-state index contributed by atoms with van der Waals surface area (Å²) in [5.74, 6) is -0.181. The quantitative estimate of drug-likeness (QED) is 0.605. The molecular formula is C21H16N4O. The van der Waals surface area contributed by atoms with Crippen molar-refractivity contribution in [1.29, 1.82) is 0 Å². The Labute approximate surface area is 150 Å². The Morgan fingerprint density at radius 3 is 2.58 bits per heavy atom. The highest BCUT2D eigenvalue weighted by Gasteiger charge is 2.15. The lowest BCUT2D eigenvalue weighted by Crippen LogP contribution is -2.13. The largest absolute Gasteiger partial charge is 0.322 e. The van der Waals surface area contributed by atoms with Gasteiger partial charge >= 0.3 is 0 Å². The molecule has 126 valence electrons. The van der Waals surface area contributed by atoms with Gasteiger partial charge in [0.1, 0.15) is 0 Å². The number of hydrogen-bond acceptors (Lipinski definition) is 4. The molecule has 5 heteroatoms. The van der Waals surface area contributed by atoms with Gasteiger partial charge in [-0.15, -0.1) is 0 Å². The van der Waals surface area contributed by atoms with Gasteiger partial charge in [0.15, 0.2) is 0 Å². The fourth-order valence-corrected chi connectivity index (χ4v) is 2.88. The molecule has 0 radical (unpaired) electrons. The molecule has 1 amide bonds. The molecule has 3 aromatic heterocycles. The molecule has 0 saturated heterocycles. The number of benzene rings is 1. The van der Waals surface area contributed by atoms with E-state index in [1.807, 2.05) is 43.3 Å². The Kier molecular flexibility index (Phi) is 4.11. The number of carbonyl (C=O) groups is 1. The molecule has 4 aromatic rings. The highest BCUT2D eigenvalue weighted by atomic mass is 16.1. The van der Waals surface area contributed by atoms with E-state index in [1.165, 1.54) is 0 Å². The normalized spacial score (nSPS) is 10.7. The van der Waals surface area contributed by atoms with Crippen LogP contribution in [-0.4, -0.2) is 20.9 Å². The van der Waals surface area contributed by atoms with Crippen molar-refractivity contribution in [2.24, 2.45) is 0 Å². The SMILES string of the molecule is Cc1cccc2c(C(=O)Nc3ccncc3)cc(-c3cccnc3)nc12. The van der Waals surface area contributed by atoms with E-state index in [9.17, 15) is 4.79 Å². The maximum absolute atomic E-state index is 12.9. The summed E-state index contributed by atoms with van der Waals surface area (Å²) in [5.41, 5.74) is 4.70. The number of hydrogen-bond donors (Lipinski definition) is 1. The molecular weight excluding hydrogens is 324 g/mol. The van der Waals surface area contributed by atoms with Gasteiger partial charge in [0.25, 0.3) is 5.91 Å². The summed E-state index contributed by atoms with van der Waals surface area (Å²) in [6.45, 7) is 1.99. The van der Waals surface area contributed by atoms with Gasteiger partial charge < -0.3 is 5.32 Å². The molecule has 3 heterocycles. The number of anilines is 1. The number of para-hydroxylation sites is 1. The van der Waals surface area contributed by atoms with Crippen LogP contribution in [0.3, 0.4) is 0 Å². The lowest BCUT2D eigenvalue weighted by molar-refractivity contribution is 0.102. The molecule has 0 spiro atoms. The number of rotatable bonds is 3. The highest BCUT2D eigenvalue weighted by molar-refractivity contribution is 6.13. The molecule has 0 unspecified atom stereocenters. The number of carbonyl (C=O) groups excluding carboxylic acids is 1. The van der Waals surface area contributed by atoms with Crippen molar-refractivity contribution < 1.29 is 4.79 Å². The molecule has 5 nitrogen and oxygen atoms in total. The zero-order valence-corrected chi connectivity index (χ0v) is 14.2. The fraction of sp³-hybridized carbons (Fsp3) is 0.0476. The predicted molar refractivity (Wildman–Crippen MR) is 102 cm³/mol. The van der Waals surface area contributed by atoms with Crippen LogP contribution in [0.2, 0.25) is 0 Å². The van der Waals surface area contributed by atoms with Gasteiger partial charge in [0, 0.05) is 41.4 Å². The molecule has 0 saturated carbocycles. The van der Waals surface area contributed by atoms with Crippen molar-refractivity contribution in [2.45, 2.75) is 6.92 Å². The second-order valence-electron chi connectivity index (χ2n) is 5.96. The molecule has 0 aliphatic heterocycles. The zero-order valence-electron chi connectivity index (χ0n) is 14.2. The minimum absolute atomic E-state index is 0.181. The van der Waals surface area contributed by atoms with Crippen LogP contribution in [0.15, 0.2) is 73.3 Å². The summed E-state index contributed by atoms with van der Waals surface area (Å²) < 4.78 is 0. The van der Waals surface area contributed by atoms with E-state index in [-0.39, 0.29) is 5.91 Å². The van der Waals surface area contributed by atoms with Crippen LogP contribution in [0.4, 0.5) is 5.69 Å². The van der Waals surface area contributed by atoms with Crippen molar-refractivity contribution in [3.63, 3.8) is 0 Å². The second-order valence-corrected chi connectivity index (χ2v) is 5.96. The van der Waals surface area contributed by atoms with Crippen molar-refractivity contribution in [2.75, 3.05) is 5.32 Å². The number of fused-ring (bicyclic) bond motifs is 1. The molecule has 0 bridgehead atoms. The summed E-state index contributed by atoms with van der Waals surface area (Å²) in [7, 11) is 0. The summed E-state index contributed by atoms with van der Waals surface area (Å²) in [5, 5.41) is 3.75. The molecule has 0 aliphatic carbocycles. The lowest BCUT2D eigenvalue weighted by Gasteiger charge is -2.12. The average Bonchev–Trinajstić information content (AvgIpc) is 2.69. The summed E-state index contributed by atoms with van der Waals surface area (Å²) in [6.07, 6.45) is 6.75. The average molecular weight is 340 g/mol. The van der Waals surface area contributed by atoms with E-state index in [0.717, 1.165) is 27.7 Å². The van der Waals surface area contributed by atoms with Gasteiger partial charge in [-0.25, -0.2) is 4.98 Å². The van der Waals surface area contributed by atoms with E-state index >= 15 is 0 Å². The summed E-state index contributed by atoms with van der Waals surface area (Å²) in [6, 6.07) is 15.0. The molecule has 4 rings (SSSR count). The first-order chi connectivity index (χ1) is 12.7. The first kappa shape index (κ1) is 15.9. The molecule has 26 heavy (non-hydrogen) atoms. The van der Waals surface area contributed by atoms with E-state index in [2.05, 4.69) is 15.3 Å². The second kappa shape index (κ2) is 6.72. The van der Waals surface area contributed by atoms with Crippen molar-refractivity contribution >= 4 is 22.5 Å². The summed E-state index contributed by atoms with van der Waals surface area (Å²) >= 11 is 0. The third-order valence-corrected chi connectivity index (χ3v) is 4.18. The molecule has 1 aromatic carbocycles. The minimum Gasteiger partial charge on any atom is -0.322 e. The van der Waals surface area contributed by atoms with E-state index in [4.69, 9.17) is 4.98 Å². The Morgan fingerprint density at radius 2 is 1.81 bits per heavy atom. The molecule has 0 atom stereocenters. The first-order valence-corrected chi connectivity index (χ1v) is 8.24. The zero-order chi connectivity index (χ0) is 17.9. The van der Waals surface area contributed by atoms with Gasteiger partial charge in [-0.2, -0.15) is 0 Å². The maximum Gasteiger partial charge on any atom is 0.256 e. The third-order valence-electron chi connectivity index (χ3n) is 4.18. The smallest absolute Gasteiger partial charge is 0.256 e. The number of pyridine rings is 3. The third kappa shape index (κ3) is 3.02. The summed E-state index contributed by atoms with van der Waals surface area (Å²) in [4.78, 5) is 25.8. The number of aromatic nitrogens is 3. The number of aryl methyl sites for hydroxylation is 1. The Hall–Kier alpha value is -3.60. The van der Waals surface area contributed by atoms with Crippen molar-refractivity contribution in [3.05, 3.63) is 84.4 Å². The molecule has 0 fully saturated rings. The van der Waals surface area contributed by atoms with E-state index < -0.39 is 0 Å². The molecule has 1 N–H and O–H groups in total. The Balaban J connectivity index is 1.87. The monoisotopic (exact) mass is 340 g/mol. The van der Waals surface area contributed by atoms with Crippen LogP contribution in [0.5, 0.6) is 0 Å². The van der Waals surface area contributed by atoms with Crippen LogP contribution in [0, 0.1) is 6.92 Å². The number of nitrogens with one attached hydrogen (secondary N) is 1. The van der Waals surface area contributed by atoms with E-state index in [0.29, 0.717) is 11.3 Å². The number of nitrogens with zero attached hydrogens (tertiary/aromatic N) is 3. The van der Waals surface area contributed by atoms with Crippen LogP contribution >= 0.6 is 0 Å². The Morgan fingerprint density at radius 1 is 0.962 bits per heavy atom. The van der Waals surface area contributed by atoms with Crippen LogP contribution in [0.1, 0.15) is 15.9 Å². The van der Waals surface area contributed by atoms with Crippen LogP contribution in [0.25, 0.3) is 22.2 Å². The van der Waals surface area contributed by atoms with Gasteiger partial charge in [0.2, 0.25) is 0 Å². The van der Waals surface area contributed by atoms with Crippen molar-refractivity contribution in [1.82, 2.24) is 15.0 Å². The predicted octanol–water partition coefficient (Wildman–Crippen LogP) is 4.25.